The number of hydrogen-bond acceptors (Lipinski definition) is 6. The number of nitrogens with one attached hydrogen (secondary N) is 6. The van der Waals surface area contributed by atoms with E-state index in [1.165, 1.54) is 0 Å². The van der Waals surface area contributed by atoms with E-state index >= 15 is 0 Å². The number of fused-ring (bicyclic) bond motifs is 2. The van der Waals surface area contributed by atoms with Crippen molar-refractivity contribution in [1.29, 1.82) is 0 Å². The summed E-state index contributed by atoms with van der Waals surface area (Å²) in [6.07, 6.45) is 3.94. The van der Waals surface area contributed by atoms with E-state index in [1.807, 2.05) is 62.4 Å². The van der Waals surface area contributed by atoms with E-state index in [0.717, 1.165) is 32.9 Å². The van der Waals surface area contributed by atoms with Gasteiger partial charge in [-0.25, -0.2) is 0 Å². The van der Waals surface area contributed by atoms with Crippen molar-refractivity contribution >= 4 is 51.4 Å². The molecule has 4 rings (SSSR count). The van der Waals surface area contributed by atoms with Crippen molar-refractivity contribution in [3.63, 3.8) is 0 Å². The van der Waals surface area contributed by atoms with Crippen molar-refractivity contribution < 1.29 is 29.1 Å². The van der Waals surface area contributed by atoms with Crippen LogP contribution < -0.4 is 27.0 Å². The van der Waals surface area contributed by atoms with Gasteiger partial charge in [0.15, 0.2) is 0 Å². The molecule has 4 aromatic rings. The molecule has 3 atom stereocenters. The van der Waals surface area contributed by atoms with Crippen molar-refractivity contribution in [2.45, 2.75) is 51.2 Å². The molecule has 13 nitrogen and oxygen atoms in total. The molecule has 0 fully saturated rings. The number of aromatic nitrogens is 2. The van der Waals surface area contributed by atoms with E-state index in [-0.39, 0.29) is 31.7 Å². The molecule has 0 aliphatic heterocycles. The van der Waals surface area contributed by atoms with Crippen LogP contribution in [0.3, 0.4) is 0 Å². The fourth-order valence-electron chi connectivity index (χ4n) is 5.25. The lowest BCUT2D eigenvalue weighted by atomic mass is 9.99. The van der Waals surface area contributed by atoms with Crippen LogP contribution in [0.1, 0.15) is 31.4 Å². The van der Waals surface area contributed by atoms with Crippen molar-refractivity contribution in [2.24, 2.45) is 11.7 Å². The first kappa shape index (κ1) is 32.7. The molecule has 2 aromatic heterocycles. The Labute approximate surface area is 259 Å². The third kappa shape index (κ3) is 8.70. The Morgan fingerprint density at radius 3 is 1.73 bits per heavy atom. The fraction of sp³-hybridized carbons (Fsp3) is 0.344. The van der Waals surface area contributed by atoms with Crippen molar-refractivity contribution in [3.05, 3.63) is 72.1 Å². The largest absolute Gasteiger partial charge is 0.480 e. The summed E-state index contributed by atoms with van der Waals surface area (Å²) in [5.74, 6) is -3.69. The normalized spacial score (nSPS) is 13.2. The third-order valence-corrected chi connectivity index (χ3v) is 7.42. The Morgan fingerprint density at radius 1 is 0.733 bits per heavy atom. The van der Waals surface area contributed by atoms with Crippen LogP contribution in [0.4, 0.5) is 0 Å². The summed E-state index contributed by atoms with van der Waals surface area (Å²) in [7, 11) is 0. The number of nitrogens with two attached hydrogens (primary N) is 1. The number of H-pyrrole nitrogens is 2. The monoisotopic (exact) mass is 617 g/mol. The summed E-state index contributed by atoms with van der Waals surface area (Å²) in [4.78, 5) is 70.2. The van der Waals surface area contributed by atoms with Crippen molar-refractivity contribution in [3.8, 4) is 0 Å². The number of para-hydroxylation sites is 2. The highest BCUT2D eigenvalue weighted by atomic mass is 16.4. The van der Waals surface area contributed by atoms with Gasteiger partial charge in [-0.05, 0) is 35.6 Å². The Morgan fingerprint density at radius 2 is 1.22 bits per heavy atom. The van der Waals surface area contributed by atoms with Gasteiger partial charge in [-0.2, -0.15) is 0 Å². The van der Waals surface area contributed by atoms with Gasteiger partial charge in [0.2, 0.25) is 23.6 Å². The van der Waals surface area contributed by atoms with Crippen LogP contribution in [-0.2, 0) is 36.8 Å². The summed E-state index contributed by atoms with van der Waals surface area (Å²) < 4.78 is 0. The molecular weight excluding hydrogens is 578 g/mol. The van der Waals surface area contributed by atoms with Gasteiger partial charge >= 0.3 is 5.97 Å². The Bertz CT molecular complexity index is 1680. The molecule has 45 heavy (non-hydrogen) atoms. The average molecular weight is 618 g/mol. The summed E-state index contributed by atoms with van der Waals surface area (Å²) in [6.45, 7) is 2.82. The molecule has 238 valence electrons. The van der Waals surface area contributed by atoms with Crippen molar-refractivity contribution in [1.82, 2.24) is 31.2 Å². The zero-order valence-electron chi connectivity index (χ0n) is 25.2. The smallest absolute Gasteiger partial charge is 0.322 e. The number of hydrogen-bond donors (Lipinski definition) is 8. The van der Waals surface area contributed by atoms with E-state index in [4.69, 9.17) is 10.8 Å². The molecule has 0 saturated carbocycles. The minimum absolute atomic E-state index is 0.0281. The maximum Gasteiger partial charge on any atom is 0.322 e. The first-order valence-corrected chi connectivity index (χ1v) is 14.7. The Hall–Kier alpha value is -5.17. The summed E-state index contributed by atoms with van der Waals surface area (Å²) >= 11 is 0. The van der Waals surface area contributed by atoms with Gasteiger partial charge in [0.1, 0.15) is 24.7 Å². The van der Waals surface area contributed by atoms with Crippen LogP contribution in [-0.4, -0.2) is 75.9 Å². The van der Waals surface area contributed by atoms with Gasteiger partial charge < -0.3 is 42.1 Å². The van der Waals surface area contributed by atoms with Crippen molar-refractivity contribution in [2.75, 3.05) is 13.1 Å². The van der Waals surface area contributed by atoms with Crippen LogP contribution >= 0.6 is 0 Å². The second-order valence-electron chi connectivity index (χ2n) is 11.3. The van der Waals surface area contributed by atoms with E-state index < -0.39 is 54.3 Å². The highest BCUT2D eigenvalue weighted by Crippen LogP contribution is 2.21. The van der Waals surface area contributed by atoms with Crippen LogP contribution in [0.5, 0.6) is 0 Å². The minimum Gasteiger partial charge on any atom is -0.480 e. The average Bonchev–Trinajstić information content (AvgIpc) is 3.62. The summed E-state index contributed by atoms with van der Waals surface area (Å²) in [6, 6.07) is 11.8. The second kappa shape index (κ2) is 15.0. The highest BCUT2D eigenvalue weighted by molar-refractivity contribution is 5.96. The number of aromatic amines is 2. The molecule has 0 saturated heterocycles. The van der Waals surface area contributed by atoms with E-state index in [2.05, 4.69) is 31.2 Å². The number of benzene rings is 2. The highest BCUT2D eigenvalue weighted by Gasteiger charge is 2.31. The lowest BCUT2D eigenvalue weighted by Crippen LogP contribution is -2.58. The fourth-order valence-corrected chi connectivity index (χ4v) is 5.25. The molecule has 9 N–H and O–H groups in total. The molecule has 13 heteroatoms. The molecule has 0 aliphatic carbocycles. The lowest BCUT2D eigenvalue weighted by Gasteiger charge is -2.26. The van der Waals surface area contributed by atoms with Gasteiger partial charge in [0.25, 0.3) is 0 Å². The maximum atomic E-state index is 13.7. The molecule has 0 unspecified atom stereocenters. The minimum atomic E-state index is -1.23. The zero-order valence-corrected chi connectivity index (χ0v) is 25.2. The molecule has 0 bridgehead atoms. The predicted octanol–water partition coefficient (Wildman–Crippen LogP) is 1.09. The van der Waals surface area contributed by atoms with Gasteiger partial charge in [-0.1, -0.05) is 50.2 Å². The molecule has 0 radical (unpaired) electrons. The number of amides is 4. The van der Waals surface area contributed by atoms with Gasteiger partial charge in [0.05, 0.1) is 6.54 Å². The molecular formula is C32H39N7O6. The zero-order chi connectivity index (χ0) is 32.5. The van der Waals surface area contributed by atoms with Gasteiger partial charge in [-0.15, -0.1) is 0 Å². The van der Waals surface area contributed by atoms with Crippen LogP contribution in [0, 0.1) is 5.92 Å². The van der Waals surface area contributed by atoms with Crippen LogP contribution in [0.25, 0.3) is 21.8 Å². The number of rotatable bonds is 15. The molecule has 2 heterocycles. The summed E-state index contributed by atoms with van der Waals surface area (Å²) in [5, 5.41) is 21.3. The second-order valence-corrected chi connectivity index (χ2v) is 11.3. The standard InChI is InChI=1S/C32H39N7O6/c1-18(2)11-25(38-32(45)27(37-28(40)14-33)13-20-16-35-24-10-6-4-8-22(20)24)31(44)39-26(30(43)36-17-29(41)42)12-19-15-34-23-9-5-3-7-21(19)23/h3-10,15-16,18,25-27,34-35H,11-14,17,33H2,1-2H3,(H,36,43)(H,37,40)(H,38,45)(H,39,44)(H,41,42)/t25-,26-,27-/m0/s1. The maximum absolute atomic E-state index is 13.7. The molecule has 0 aliphatic rings. The SMILES string of the molecule is CC(C)C[C@H](NC(=O)[C@H](Cc1c[nH]c2ccccc12)NC(=O)CN)C(=O)N[C@@H](Cc1c[nH]c2ccccc12)C(=O)NCC(=O)O. The third-order valence-electron chi connectivity index (χ3n) is 7.42. The molecule has 2 aromatic carbocycles. The van der Waals surface area contributed by atoms with Crippen LogP contribution in [0.2, 0.25) is 0 Å². The Kier molecular flexibility index (Phi) is 10.9. The first-order valence-electron chi connectivity index (χ1n) is 14.7. The number of aliphatic carboxylic acids is 1. The quantitative estimate of drug-likeness (QED) is 0.0972. The first-order chi connectivity index (χ1) is 21.5. The number of carbonyl (C=O) groups excluding carboxylic acids is 4. The van der Waals surface area contributed by atoms with E-state index in [1.54, 1.807) is 12.4 Å². The summed E-state index contributed by atoms with van der Waals surface area (Å²) in [5.41, 5.74) is 8.78. The van der Waals surface area contributed by atoms with E-state index in [9.17, 15) is 24.0 Å². The molecule has 0 spiro atoms. The molecule has 4 amide bonds. The van der Waals surface area contributed by atoms with Gasteiger partial charge in [-0.3, -0.25) is 24.0 Å². The van der Waals surface area contributed by atoms with E-state index in [0.29, 0.717) is 0 Å². The number of carboxylic acids is 1. The predicted molar refractivity (Wildman–Crippen MR) is 169 cm³/mol. The lowest BCUT2D eigenvalue weighted by molar-refractivity contribution is -0.138. The topological polar surface area (TPSA) is 211 Å². The van der Waals surface area contributed by atoms with Gasteiger partial charge in [0, 0.05) is 47.0 Å². The number of carboxylic acid groups (broad SMARTS) is 1. The number of carbonyl (C=O) groups is 5. The van der Waals surface area contributed by atoms with Crippen LogP contribution in [0.15, 0.2) is 60.9 Å². The Balaban J connectivity index is 1.55.